The summed E-state index contributed by atoms with van der Waals surface area (Å²) < 4.78 is 0. The molecule has 1 aromatic rings. The number of nitrogens with two attached hydrogens (primary N) is 1. The molecule has 3 atom stereocenters. The zero-order valence-corrected chi connectivity index (χ0v) is 11.5. The number of nitrogens with zero attached hydrogens (tertiary/aromatic N) is 1. The van der Waals surface area contributed by atoms with E-state index in [-0.39, 0.29) is 0 Å². The first-order valence-electron chi connectivity index (χ1n) is 7.46. The average Bonchev–Trinajstić information content (AvgIpc) is 2.45. The van der Waals surface area contributed by atoms with Crippen LogP contribution in [-0.4, -0.2) is 11.0 Å². The van der Waals surface area contributed by atoms with Crippen LogP contribution in [0.15, 0.2) is 24.4 Å². The molecule has 100 valence electrons. The molecular formula is C16H26N2. The summed E-state index contributed by atoms with van der Waals surface area (Å²) in [4.78, 5) is 4.38. The number of aryl methyl sites for hydroxylation is 1. The third-order valence-corrected chi connectivity index (χ3v) is 4.50. The van der Waals surface area contributed by atoms with Crippen LogP contribution >= 0.6 is 0 Å². The second kappa shape index (κ2) is 6.89. The highest BCUT2D eigenvalue weighted by Gasteiger charge is 2.28. The molecule has 3 unspecified atom stereocenters. The first kappa shape index (κ1) is 13.5. The Balaban J connectivity index is 1.85. The highest BCUT2D eigenvalue weighted by molar-refractivity contribution is 5.04. The van der Waals surface area contributed by atoms with Gasteiger partial charge < -0.3 is 5.73 Å². The molecule has 2 rings (SSSR count). The van der Waals surface area contributed by atoms with Crippen molar-refractivity contribution in [3.05, 3.63) is 30.1 Å². The van der Waals surface area contributed by atoms with Crippen LogP contribution in [0.2, 0.25) is 0 Å². The lowest BCUT2D eigenvalue weighted by atomic mass is 9.73. The van der Waals surface area contributed by atoms with Crippen LogP contribution in [0.3, 0.4) is 0 Å². The van der Waals surface area contributed by atoms with E-state index < -0.39 is 0 Å². The number of hydrogen-bond donors (Lipinski definition) is 1. The van der Waals surface area contributed by atoms with Gasteiger partial charge in [-0.3, -0.25) is 4.98 Å². The topological polar surface area (TPSA) is 38.9 Å². The van der Waals surface area contributed by atoms with Gasteiger partial charge in [-0.25, -0.2) is 0 Å². The summed E-state index contributed by atoms with van der Waals surface area (Å²) in [7, 11) is 0. The summed E-state index contributed by atoms with van der Waals surface area (Å²) >= 11 is 0. The molecule has 1 aromatic heterocycles. The standard InChI is InChI=1S/C16H26N2/c1-2-13-7-3-4-9-15(13)16(17)11-10-14-8-5-6-12-18-14/h5-6,8,12-13,15-16H,2-4,7,9-11,17H2,1H3. The molecule has 1 aliphatic carbocycles. The minimum absolute atomic E-state index is 0.359. The number of rotatable bonds is 5. The van der Waals surface area contributed by atoms with E-state index in [1.54, 1.807) is 0 Å². The van der Waals surface area contributed by atoms with E-state index in [1.807, 2.05) is 12.3 Å². The van der Waals surface area contributed by atoms with Crippen molar-refractivity contribution in [1.82, 2.24) is 4.98 Å². The van der Waals surface area contributed by atoms with Gasteiger partial charge in [-0.15, -0.1) is 0 Å². The second-order valence-electron chi connectivity index (χ2n) is 5.64. The quantitative estimate of drug-likeness (QED) is 0.862. The van der Waals surface area contributed by atoms with Crippen molar-refractivity contribution in [2.24, 2.45) is 17.6 Å². The number of pyridine rings is 1. The fourth-order valence-electron chi connectivity index (χ4n) is 3.38. The van der Waals surface area contributed by atoms with E-state index in [9.17, 15) is 0 Å². The Kier molecular flexibility index (Phi) is 5.18. The van der Waals surface area contributed by atoms with Gasteiger partial charge in [0.05, 0.1) is 0 Å². The van der Waals surface area contributed by atoms with Crippen LogP contribution in [0.25, 0.3) is 0 Å². The largest absolute Gasteiger partial charge is 0.327 e. The molecule has 0 radical (unpaired) electrons. The van der Waals surface area contributed by atoms with Gasteiger partial charge in [-0.2, -0.15) is 0 Å². The van der Waals surface area contributed by atoms with E-state index in [0.717, 1.165) is 24.7 Å². The van der Waals surface area contributed by atoms with Crippen molar-refractivity contribution in [3.63, 3.8) is 0 Å². The minimum atomic E-state index is 0.359. The van der Waals surface area contributed by atoms with E-state index in [1.165, 1.54) is 37.8 Å². The normalized spacial score (nSPS) is 25.9. The minimum Gasteiger partial charge on any atom is -0.327 e. The van der Waals surface area contributed by atoms with Gasteiger partial charge in [0.25, 0.3) is 0 Å². The zero-order chi connectivity index (χ0) is 12.8. The Labute approximate surface area is 111 Å². The molecular weight excluding hydrogens is 220 g/mol. The lowest BCUT2D eigenvalue weighted by molar-refractivity contribution is 0.190. The van der Waals surface area contributed by atoms with Gasteiger partial charge in [0.1, 0.15) is 0 Å². The van der Waals surface area contributed by atoms with Crippen molar-refractivity contribution in [2.75, 3.05) is 0 Å². The van der Waals surface area contributed by atoms with Crippen molar-refractivity contribution >= 4 is 0 Å². The predicted octanol–water partition coefficient (Wildman–Crippen LogP) is 3.56. The van der Waals surface area contributed by atoms with E-state index in [0.29, 0.717) is 6.04 Å². The highest BCUT2D eigenvalue weighted by Crippen LogP contribution is 2.34. The molecule has 1 aliphatic rings. The smallest absolute Gasteiger partial charge is 0.0404 e. The fraction of sp³-hybridized carbons (Fsp3) is 0.688. The molecule has 1 saturated carbocycles. The lowest BCUT2D eigenvalue weighted by Gasteiger charge is -2.35. The Morgan fingerprint density at radius 3 is 2.89 bits per heavy atom. The average molecular weight is 246 g/mol. The highest BCUT2D eigenvalue weighted by atomic mass is 14.7. The van der Waals surface area contributed by atoms with E-state index in [2.05, 4.69) is 24.0 Å². The molecule has 2 N–H and O–H groups in total. The first-order valence-corrected chi connectivity index (χ1v) is 7.46. The summed E-state index contributed by atoms with van der Waals surface area (Å²) in [6.07, 6.45) is 10.8. The Bertz CT molecular complexity index is 336. The molecule has 0 aliphatic heterocycles. The van der Waals surface area contributed by atoms with Gasteiger partial charge >= 0.3 is 0 Å². The molecule has 1 heterocycles. The monoisotopic (exact) mass is 246 g/mol. The molecule has 0 amide bonds. The summed E-state index contributed by atoms with van der Waals surface area (Å²) in [5.74, 6) is 1.60. The van der Waals surface area contributed by atoms with Crippen molar-refractivity contribution in [1.29, 1.82) is 0 Å². The van der Waals surface area contributed by atoms with Crippen molar-refractivity contribution in [2.45, 2.75) is 57.9 Å². The Morgan fingerprint density at radius 2 is 2.17 bits per heavy atom. The van der Waals surface area contributed by atoms with Crippen LogP contribution in [0, 0.1) is 11.8 Å². The van der Waals surface area contributed by atoms with Gasteiger partial charge in [-0.05, 0) is 43.2 Å². The first-order chi connectivity index (χ1) is 8.81. The van der Waals surface area contributed by atoms with Crippen molar-refractivity contribution < 1.29 is 0 Å². The molecule has 0 spiro atoms. The summed E-state index contributed by atoms with van der Waals surface area (Å²) in [5, 5.41) is 0. The maximum atomic E-state index is 6.43. The molecule has 1 fully saturated rings. The van der Waals surface area contributed by atoms with Crippen LogP contribution in [0.1, 0.15) is 51.1 Å². The molecule has 0 aromatic carbocycles. The maximum absolute atomic E-state index is 6.43. The fourth-order valence-corrected chi connectivity index (χ4v) is 3.38. The SMILES string of the molecule is CCC1CCCCC1C(N)CCc1ccccn1. The van der Waals surface area contributed by atoms with Gasteiger partial charge in [0, 0.05) is 17.9 Å². The molecule has 0 bridgehead atoms. The number of hydrogen-bond acceptors (Lipinski definition) is 2. The zero-order valence-electron chi connectivity index (χ0n) is 11.5. The Morgan fingerprint density at radius 1 is 1.33 bits per heavy atom. The second-order valence-corrected chi connectivity index (χ2v) is 5.64. The molecule has 0 saturated heterocycles. The Hall–Kier alpha value is -0.890. The predicted molar refractivity (Wildman–Crippen MR) is 76.3 cm³/mol. The van der Waals surface area contributed by atoms with E-state index >= 15 is 0 Å². The third kappa shape index (κ3) is 3.55. The molecule has 2 nitrogen and oxygen atoms in total. The molecule has 18 heavy (non-hydrogen) atoms. The van der Waals surface area contributed by atoms with Crippen LogP contribution < -0.4 is 5.73 Å². The molecule has 2 heteroatoms. The van der Waals surface area contributed by atoms with E-state index in [4.69, 9.17) is 5.73 Å². The lowest BCUT2D eigenvalue weighted by Crippen LogP contribution is -2.37. The summed E-state index contributed by atoms with van der Waals surface area (Å²) in [6, 6.07) is 6.49. The maximum Gasteiger partial charge on any atom is 0.0404 e. The number of aromatic nitrogens is 1. The van der Waals surface area contributed by atoms with Crippen LogP contribution in [0.4, 0.5) is 0 Å². The van der Waals surface area contributed by atoms with Crippen molar-refractivity contribution in [3.8, 4) is 0 Å². The van der Waals surface area contributed by atoms with Gasteiger partial charge in [-0.1, -0.05) is 38.7 Å². The summed E-state index contributed by atoms with van der Waals surface area (Å²) in [5.41, 5.74) is 7.61. The van der Waals surface area contributed by atoms with Gasteiger partial charge in [0.2, 0.25) is 0 Å². The van der Waals surface area contributed by atoms with Crippen LogP contribution in [0.5, 0.6) is 0 Å². The van der Waals surface area contributed by atoms with Gasteiger partial charge in [0.15, 0.2) is 0 Å². The summed E-state index contributed by atoms with van der Waals surface area (Å²) in [6.45, 7) is 2.31. The third-order valence-electron chi connectivity index (χ3n) is 4.50. The van der Waals surface area contributed by atoms with Crippen LogP contribution in [-0.2, 0) is 6.42 Å².